The first kappa shape index (κ1) is 24.4. The van der Waals surface area contributed by atoms with Crippen LogP contribution in [-0.4, -0.2) is 66.7 Å². The summed E-state index contributed by atoms with van der Waals surface area (Å²) in [4.78, 5) is 17.2. The Morgan fingerprint density at radius 2 is 1.54 bits per heavy atom. The lowest BCUT2D eigenvalue weighted by molar-refractivity contribution is 0.0746. The fraction of sp³-hybridized carbons (Fsp3) is 0.269. The first-order valence-corrected chi connectivity index (χ1v) is 12.7. The van der Waals surface area contributed by atoms with Crippen molar-refractivity contribution in [3.63, 3.8) is 0 Å². The molecule has 1 aliphatic rings. The molecule has 8 nitrogen and oxygen atoms in total. The number of anilines is 2. The van der Waals surface area contributed by atoms with Gasteiger partial charge in [-0.25, -0.2) is 8.42 Å². The molecule has 4 rings (SSSR count). The van der Waals surface area contributed by atoms with E-state index in [0.29, 0.717) is 43.2 Å². The van der Waals surface area contributed by atoms with E-state index in [1.54, 1.807) is 55.5 Å². The second-order valence-electron chi connectivity index (χ2n) is 8.15. The molecule has 1 amide bonds. The topological polar surface area (TPSA) is 79.4 Å². The third kappa shape index (κ3) is 5.05. The lowest BCUT2D eigenvalue weighted by Gasteiger charge is -2.36. The number of sulfonamides is 1. The second kappa shape index (κ2) is 10.3. The van der Waals surface area contributed by atoms with Crippen molar-refractivity contribution in [1.29, 1.82) is 0 Å². The van der Waals surface area contributed by atoms with E-state index in [2.05, 4.69) is 4.90 Å². The quantitative estimate of drug-likeness (QED) is 0.499. The predicted molar refractivity (Wildman–Crippen MR) is 136 cm³/mol. The van der Waals surface area contributed by atoms with E-state index in [0.717, 1.165) is 11.4 Å². The monoisotopic (exact) mass is 495 g/mol. The van der Waals surface area contributed by atoms with Gasteiger partial charge in [0.25, 0.3) is 15.9 Å². The Kier molecular flexibility index (Phi) is 7.16. The number of para-hydroxylation sites is 2. The number of methoxy groups -OCH3 is 2. The predicted octanol–water partition coefficient (Wildman–Crippen LogP) is 3.49. The van der Waals surface area contributed by atoms with Crippen LogP contribution in [0.15, 0.2) is 77.7 Å². The van der Waals surface area contributed by atoms with Gasteiger partial charge in [-0.05, 0) is 54.6 Å². The zero-order chi connectivity index (χ0) is 25.0. The van der Waals surface area contributed by atoms with E-state index < -0.39 is 10.0 Å². The van der Waals surface area contributed by atoms with Crippen LogP contribution in [-0.2, 0) is 10.0 Å². The first-order valence-electron chi connectivity index (χ1n) is 11.3. The van der Waals surface area contributed by atoms with E-state index in [-0.39, 0.29) is 10.8 Å². The zero-order valence-electron chi connectivity index (χ0n) is 20.0. The van der Waals surface area contributed by atoms with Gasteiger partial charge in [-0.15, -0.1) is 0 Å². The minimum Gasteiger partial charge on any atom is -0.497 e. The van der Waals surface area contributed by atoms with Crippen molar-refractivity contribution in [3.8, 4) is 11.5 Å². The number of hydrogen-bond donors (Lipinski definition) is 0. The third-order valence-corrected chi connectivity index (χ3v) is 7.95. The maximum atomic E-state index is 13.2. The fourth-order valence-corrected chi connectivity index (χ4v) is 5.34. The number of carbonyl (C=O) groups is 1. The van der Waals surface area contributed by atoms with Crippen LogP contribution in [0, 0.1) is 0 Å². The molecule has 0 spiro atoms. The second-order valence-corrected chi connectivity index (χ2v) is 10.1. The smallest absolute Gasteiger partial charge is 0.264 e. The Labute approximate surface area is 206 Å². The summed E-state index contributed by atoms with van der Waals surface area (Å²) in [5.74, 6) is 1.25. The first-order chi connectivity index (χ1) is 16.8. The maximum Gasteiger partial charge on any atom is 0.264 e. The van der Waals surface area contributed by atoms with E-state index in [1.807, 2.05) is 24.3 Å². The molecule has 0 radical (unpaired) electrons. The molecule has 0 unspecified atom stereocenters. The van der Waals surface area contributed by atoms with Gasteiger partial charge in [-0.3, -0.25) is 9.10 Å². The van der Waals surface area contributed by atoms with Crippen LogP contribution < -0.4 is 18.7 Å². The Bertz CT molecular complexity index is 1290. The van der Waals surface area contributed by atoms with Crippen molar-refractivity contribution in [3.05, 3.63) is 78.4 Å². The van der Waals surface area contributed by atoms with E-state index in [9.17, 15) is 13.2 Å². The molecule has 1 saturated heterocycles. The van der Waals surface area contributed by atoms with Crippen LogP contribution in [0.5, 0.6) is 11.5 Å². The highest BCUT2D eigenvalue weighted by molar-refractivity contribution is 7.92. The fourth-order valence-electron chi connectivity index (χ4n) is 4.10. The zero-order valence-corrected chi connectivity index (χ0v) is 20.9. The Hall–Kier alpha value is -3.72. The molecule has 1 fully saturated rings. The number of ether oxygens (including phenoxy) is 2. The lowest BCUT2D eigenvalue weighted by atomic mass is 10.1. The number of carbonyl (C=O) groups excluding carboxylic acids is 1. The molecule has 35 heavy (non-hydrogen) atoms. The van der Waals surface area contributed by atoms with Gasteiger partial charge < -0.3 is 19.3 Å². The number of nitrogens with zero attached hydrogens (tertiary/aromatic N) is 3. The molecule has 0 N–H and O–H groups in total. The molecule has 1 heterocycles. The van der Waals surface area contributed by atoms with Gasteiger partial charge in [0.15, 0.2) is 0 Å². The molecular weight excluding hydrogens is 466 g/mol. The Morgan fingerprint density at radius 3 is 2.20 bits per heavy atom. The number of rotatable bonds is 7. The molecule has 0 aliphatic carbocycles. The van der Waals surface area contributed by atoms with Crippen LogP contribution in [0.1, 0.15) is 10.4 Å². The van der Waals surface area contributed by atoms with E-state index in [4.69, 9.17) is 9.47 Å². The molecule has 9 heteroatoms. The Balaban J connectivity index is 1.48. The van der Waals surface area contributed by atoms with Crippen LogP contribution in [0.4, 0.5) is 11.4 Å². The maximum absolute atomic E-state index is 13.2. The molecule has 0 atom stereocenters. The van der Waals surface area contributed by atoms with Gasteiger partial charge in [-0.1, -0.05) is 18.2 Å². The van der Waals surface area contributed by atoms with Gasteiger partial charge >= 0.3 is 0 Å². The summed E-state index contributed by atoms with van der Waals surface area (Å²) in [5.41, 5.74) is 1.84. The highest BCUT2D eigenvalue weighted by Crippen LogP contribution is 2.29. The molecule has 3 aromatic rings. The largest absolute Gasteiger partial charge is 0.497 e. The SMILES string of the molecule is COc1ccc(N(C)S(=O)(=O)c2cccc(C(=O)N3CCN(c4ccccc4OC)CC3)c2)cc1. The van der Waals surface area contributed by atoms with Crippen molar-refractivity contribution in [2.24, 2.45) is 0 Å². The molecule has 184 valence electrons. The summed E-state index contributed by atoms with van der Waals surface area (Å²) >= 11 is 0. The number of benzene rings is 3. The molecular formula is C26H29N3O5S. The summed E-state index contributed by atoms with van der Waals surface area (Å²) in [6.07, 6.45) is 0. The van der Waals surface area contributed by atoms with Crippen molar-refractivity contribution in [2.75, 3.05) is 56.7 Å². The van der Waals surface area contributed by atoms with Crippen molar-refractivity contribution in [1.82, 2.24) is 4.90 Å². The van der Waals surface area contributed by atoms with Crippen molar-refractivity contribution >= 4 is 27.3 Å². The minimum absolute atomic E-state index is 0.0642. The third-order valence-electron chi connectivity index (χ3n) is 6.17. The molecule has 1 aliphatic heterocycles. The van der Waals surface area contributed by atoms with Crippen molar-refractivity contribution < 1.29 is 22.7 Å². The summed E-state index contributed by atoms with van der Waals surface area (Å²) < 4.78 is 38.3. The van der Waals surface area contributed by atoms with Crippen LogP contribution in [0.3, 0.4) is 0 Å². The van der Waals surface area contributed by atoms with Crippen LogP contribution in [0.2, 0.25) is 0 Å². The molecule has 0 aromatic heterocycles. The molecule has 3 aromatic carbocycles. The number of hydrogen-bond acceptors (Lipinski definition) is 6. The van der Waals surface area contributed by atoms with Crippen LogP contribution in [0.25, 0.3) is 0 Å². The summed E-state index contributed by atoms with van der Waals surface area (Å²) in [7, 11) is 0.834. The number of piperazine rings is 1. The summed E-state index contributed by atoms with van der Waals surface area (Å²) in [6, 6.07) is 20.8. The van der Waals surface area contributed by atoms with E-state index in [1.165, 1.54) is 23.5 Å². The van der Waals surface area contributed by atoms with Gasteiger partial charge in [0.05, 0.1) is 30.5 Å². The van der Waals surface area contributed by atoms with Gasteiger partial charge in [0.2, 0.25) is 0 Å². The van der Waals surface area contributed by atoms with Gasteiger partial charge in [-0.2, -0.15) is 0 Å². The van der Waals surface area contributed by atoms with Gasteiger partial charge in [0.1, 0.15) is 11.5 Å². The summed E-state index contributed by atoms with van der Waals surface area (Å²) in [5, 5.41) is 0. The van der Waals surface area contributed by atoms with Gasteiger partial charge in [0, 0.05) is 38.8 Å². The van der Waals surface area contributed by atoms with Crippen molar-refractivity contribution in [2.45, 2.75) is 4.90 Å². The molecule has 0 saturated carbocycles. The van der Waals surface area contributed by atoms with Crippen LogP contribution >= 0.6 is 0 Å². The lowest BCUT2D eigenvalue weighted by Crippen LogP contribution is -2.48. The molecule has 0 bridgehead atoms. The highest BCUT2D eigenvalue weighted by Gasteiger charge is 2.26. The average molecular weight is 496 g/mol. The summed E-state index contributed by atoms with van der Waals surface area (Å²) in [6.45, 7) is 2.37. The average Bonchev–Trinajstić information content (AvgIpc) is 2.92. The Morgan fingerprint density at radius 1 is 0.857 bits per heavy atom. The number of amides is 1. The standard InChI is InChI=1S/C26H29N3O5S/c1-27(21-11-13-22(33-2)14-12-21)35(31,32)23-8-6-7-20(19-23)26(30)29-17-15-28(16-18-29)24-9-4-5-10-25(24)34-3/h4-14,19H,15-18H2,1-3H3. The highest BCUT2D eigenvalue weighted by atomic mass is 32.2. The normalized spacial score (nSPS) is 13.9. The van der Waals surface area contributed by atoms with E-state index >= 15 is 0 Å². The minimum atomic E-state index is -3.85.